The van der Waals surface area contributed by atoms with Crippen molar-refractivity contribution in [2.75, 3.05) is 0 Å². The van der Waals surface area contributed by atoms with Gasteiger partial charge in [0.05, 0.1) is 0 Å². The minimum Gasteiger partial charge on any atom is -0.325 e. The summed E-state index contributed by atoms with van der Waals surface area (Å²) < 4.78 is 14.8. The van der Waals surface area contributed by atoms with E-state index >= 15 is 0 Å². The van der Waals surface area contributed by atoms with Crippen LogP contribution in [0.2, 0.25) is 0 Å². The molecule has 0 unspecified atom stereocenters. The van der Waals surface area contributed by atoms with E-state index < -0.39 is 5.56 Å². The molecule has 98 valence electrons. The van der Waals surface area contributed by atoms with Gasteiger partial charge in [-0.1, -0.05) is 0 Å². The third kappa shape index (κ3) is 1.91. The van der Waals surface area contributed by atoms with Crippen molar-refractivity contribution in [3.63, 3.8) is 0 Å². The van der Waals surface area contributed by atoms with Crippen molar-refractivity contribution in [1.82, 2.24) is 4.98 Å². The molecule has 2 heterocycles. The maximum absolute atomic E-state index is 14.0. The van der Waals surface area contributed by atoms with Gasteiger partial charge in [-0.3, -0.25) is 4.79 Å². The van der Waals surface area contributed by atoms with Crippen molar-refractivity contribution in [1.29, 1.82) is 5.26 Å². The van der Waals surface area contributed by atoms with E-state index in [-0.39, 0.29) is 11.4 Å². The highest BCUT2D eigenvalue weighted by Crippen LogP contribution is 2.31. The zero-order valence-corrected chi connectivity index (χ0v) is 11.3. The number of rotatable bonds is 1. The molecule has 1 N–H and O–H groups in total. The number of aryl methyl sites for hydroxylation is 1. The van der Waals surface area contributed by atoms with E-state index in [1.807, 2.05) is 11.4 Å². The molecule has 0 fully saturated rings. The number of hydrogen-bond donors (Lipinski definition) is 1. The van der Waals surface area contributed by atoms with Gasteiger partial charge in [-0.25, -0.2) is 4.39 Å². The van der Waals surface area contributed by atoms with Gasteiger partial charge in [0.1, 0.15) is 17.4 Å². The number of benzene rings is 1. The number of nitrogens with one attached hydrogen (secondary N) is 1. The summed E-state index contributed by atoms with van der Waals surface area (Å²) in [6.07, 6.45) is 0. The van der Waals surface area contributed by atoms with E-state index in [9.17, 15) is 9.18 Å². The average Bonchev–Trinajstić information content (AvgIpc) is 2.86. The van der Waals surface area contributed by atoms with E-state index in [1.54, 1.807) is 25.1 Å². The molecule has 3 rings (SSSR count). The summed E-state index contributed by atoms with van der Waals surface area (Å²) >= 11 is 1.42. The molecule has 0 saturated carbocycles. The number of nitrogens with zero attached hydrogens (tertiary/aromatic N) is 1. The Hall–Kier alpha value is -2.45. The first-order chi connectivity index (χ1) is 9.60. The second-order valence-corrected chi connectivity index (χ2v) is 5.42. The number of nitriles is 1. The summed E-state index contributed by atoms with van der Waals surface area (Å²) in [4.78, 5) is 14.4. The minimum atomic E-state index is -0.450. The summed E-state index contributed by atoms with van der Waals surface area (Å²) in [6, 6.07) is 8.46. The molecule has 0 amide bonds. The number of aromatic amines is 1. The Labute approximate surface area is 117 Å². The van der Waals surface area contributed by atoms with Gasteiger partial charge in [-0.05, 0) is 42.1 Å². The molecule has 0 aliphatic carbocycles. The van der Waals surface area contributed by atoms with Crippen LogP contribution in [0, 0.1) is 24.1 Å². The van der Waals surface area contributed by atoms with Crippen LogP contribution >= 0.6 is 11.3 Å². The monoisotopic (exact) mass is 284 g/mol. The fourth-order valence-electron chi connectivity index (χ4n) is 2.21. The fraction of sp³-hybridized carbons (Fsp3) is 0.0667. The molecule has 0 aliphatic heterocycles. The fourth-order valence-corrected chi connectivity index (χ4v) is 3.05. The molecule has 0 atom stereocenters. The van der Waals surface area contributed by atoms with Crippen molar-refractivity contribution >= 4 is 21.4 Å². The van der Waals surface area contributed by atoms with Crippen molar-refractivity contribution < 1.29 is 4.39 Å². The lowest BCUT2D eigenvalue weighted by atomic mass is 10.00. The third-order valence-electron chi connectivity index (χ3n) is 3.11. The number of halogens is 1. The Kier molecular flexibility index (Phi) is 2.88. The Morgan fingerprint density at radius 2 is 2.15 bits per heavy atom. The minimum absolute atomic E-state index is 0.00547. The summed E-state index contributed by atoms with van der Waals surface area (Å²) in [5.41, 5.74) is 1.20. The maximum Gasteiger partial charge on any atom is 0.266 e. The largest absolute Gasteiger partial charge is 0.325 e. The summed E-state index contributed by atoms with van der Waals surface area (Å²) in [6.45, 7) is 1.73. The van der Waals surface area contributed by atoms with Gasteiger partial charge in [0.25, 0.3) is 5.56 Å². The third-order valence-corrected chi connectivity index (χ3v) is 3.98. The molecule has 0 aliphatic rings. The molecule has 0 spiro atoms. The molecule has 0 saturated heterocycles. The Bertz CT molecular complexity index is 918. The predicted octanol–water partition coefficient (Wildman–Crippen LogP) is 3.58. The van der Waals surface area contributed by atoms with Gasteiger partial charge >= 0.3 is 0 Å². The van der Waals surface area contributed by atoms with Crippen LogP contribution < -0.4 is 5.56 Å². The molecule has 0 radical (unpaired) electrons. The Morgan fingerprint density at radius 3 is 2.90 bits per heavy atom. The Balaban J connectivity index is 2.36. The number of H-pyrrole nitrogens is 1. The zero-order chi connectivity index (χ0) is 14.3. The standard InChI is InChI=1S/C15H9FN2OS/c1-8-4-11(12(7-17)15(19)18-8)9-5-13(16)10-2-3-20-14(10)6-9/h2-6H,1H3,(H,18,19). The van der Waals surface area contributed by atoms with Gasteiger partial charge in [-0.2, -0.15) is 5.26 Å². The summed E-state index contributed by atoms with van der Waals surface area (Å²) in [5, 5.41) is 11.5. The van der Waals surface area contributed by atoms with Crippen LogP contribution in [-0.4, -0.2) is 4.98 Å². The first-order valence-electron chi connectivity index (χ1n) is 5.91. The molecule has 3 aromatic rings. The quantitative estimate of drug-likeness (QED) is 0.742. The molecule has 3 nitrogen and oxygen atoms in total. The van der Waals surface area contributed by atoms with Crippen LogP contribution in [0.4, 0.5) is 4.39 Å². The normalized spacial score (nSPS) is 10.7. The smallest absolute Gasteiger partial charge is 0.266 e. The summed E-state index contributed by atoms with van der Waals surface area (Å²) in [5.74, 6) is -0.347. The lowest BCUT2D eigenvalue weighted by Crippen LogP contribution is -2.12. The lowest BCUT2D eigenvalue weighted by Gasteiger charge is -2.06. The van der Waals surface area contributed by atoms with E-state index in [0.29, 0.717) is 22.2 Å². The average molecular weight is 284 g/mol. The van der Waals surface area contributed by atoms with Gasteiger partial charge in [0, 0.05) is 21.3 Å². The molecule has 2 aromatic heterocycles. The zero-order valence-electron chi connectivity index (χ0n) is 10.5. The van der Waals surface area contributed by atoms with Gasteiger partial charge in [0.15, 0.2) is 0 Å². The van der Waals surface area contributed by atoms with E-state index in [4.69, 9.17) is 5.26 Å². The second-order valence-electron chi connectivity index (χ2n) is 4.47. The first-order valence-corrected chi connectivity index (χ1v) is 6.79. The van der Waals surface area contributed by atoms with Crippen LogP contribution in [0.25, 0.3) is 21.2 Å². The highest BCUT2D eigenvalue weighted by molar-refractivity contribution is 7.17. The highest BCUT2D eigenvalue weighted by Gasteiger charge is 2.13. The molecule has 0 bridgehead atoms. The molecule has 5 heteroatoms. The van der Waals surface area contributed by atoms with Crippen molar-refractivity contribution in [3.05, 3.63) is 57.1 Å². The van der Waals surface area contributed by atoms with E-state index in [0.717, 1.165) is 4.70 Å². The van der Waals surface area contributed by atoms with Crippen molar-refractivity contribution in [3.8, 4) is 17.2 Å². The van der Waals surface area contributed by atoms with Gasteiger partial charge < -0.3 is 4.98 Å². The predicted molar refractivity (Wildman–Crippen MR) is 77.3 cm³/mol. The van der Waals surface area contributed by atoms with Crippen LogP contribution in [0.3, 0.4) is 0 Å². The van der Waals surface area contributed by atoms with E-state index in [1.165, 1.54) is 17.4 Å². The van der Waals surface area contributed by atoms with Crippen LogP contribution in [0.15, 0.2) is 34.4 Å². The van der Waals surface area contributed by atoms with Crippen LogP contribution in [0.5, 0.6) is 0 Å². The SMILES string of the molecule is Cc1cc(-c2cc(F)c3ccsc3c2)c(C#N)c(=O)[nH]1. The van der Waals surface area contributed by atoms with Gasteiger partial charge in [0.2, 0.25) is 0 Å². The molecular formula is C15H9FN2OS. The highest BCUT2D eigenvalue weighted by atomic mass is 32.1. The molecular weight excluding hydrogens is 275 g/mol. The maximum atomic E-state index is 14.0. The summed E-state index contributed by atoms with van der Waals surface area (Å²) in [7, 11) is 0. The number of fused-ring (bicyclic) bond motifs is 1. The number of aromatic nitrogens is 1. The Morgan fingerprint density at radius 1 is 1.35 bits per heavy atom. The van der Waals surface area contributed by atoms with Crippen molar-refractivity contribution in [2.24, 2.45) is 0 Å². The van der Waals surface area contributed by atoms with Gasteiger partial charge in [-0.15, -0.1) is 11.3 Å². The topological polar surface area (TPSA) is 56.6 Å². The number of pyridine rings is 1. The number of thiophene rings is 1. The van der Waals surface area contributed by atoms with E-state index in [2.05, 4.69) is 4.98 Å². The second kappa shape index (κ2) is 4.58. The first kappa shape index (κ1) is 12.6. The molecule has 1 aromatic carbocycles. The van der Waals surface area contributed by atoms with Crippen LogP contribution in [0.1, 0.15) is 11.3 Å². The number of hydrogen-bond acceptors (Lipinski definition) is 3. The van der Waals surface area contributed by atoms with Crippen molar-refractivity contribution in [2.45, 2.75) is 6.92 Å². The lowest BCUT2D eigenvalue weighted by molar-refractivity contribution is 0.640. The molecule has 20 heavy (non-hydrogen) atoms. The van der Waals surface area contributed by atoms with Crippen LogP contribution in [-0.2, 0) is 0 Å².